The number of H-pyrrole nitrogens is 1. The van der Waals surface area contributed by atoms with Gasteiger partial charge in [-0.25, -0.2) is 4.98 Å². The maximum atomic E-state index is 12.3. The highest BCUT2D eigenvalue weighted by Crippen LogP contribution is 2.13. The third-order valence-electron chi connectivity index (χ3n) is 3.31. The largest absolute Gasteiger partial charge is 0.351 e. The fourth-order valence-corrected chi connectivity index (χ4v) is 1.95. The van der Waals surface area contributed by atoms with E-state index in [1.165, 1.54) is 0 Å². The van der Waals surface area contributed by atoms with Gasteiger partial charge in [0.15, 0.2) is 0 Å². The Bertz CT molecular complexity index is 324. The van der Waals surface area contributed by atoms with E-state index >= 15 is 0 Å². The van der Waals surface area contributed by atoms with Gasteiger partial charge in [-0.3, -0.25) is 4.79 Å². The zero-order valence-electron chi connectivity index (χ0n) is 11.2. The summed E-state index contributed by atoms with van der Waals surface area (Å²) in [7, 11) is 0. The smallest absolute Gasteiger partial charge is 0.229 e. The zero-order chi connectivity index (χ0) is 12.8. The summed E-state index contributed by atoms with van der Waals surface area (Å²) in [6.45, 7) is 8.44. The third kappa shape index (κ3) is 3.58. The van der Waals surface area contributed by atoms with Crippen LogP contribution in [-0.2, 0) is 11.2 Å². The van der Waals surface area contributed by atoms with Gasteiger partial charge in [0.25, 0.3) is 0 Å². The molecule has 0 saturated carbocycles. The molecule has 96 valence electrons. The van der Waals surface area contributed by atoms with Crippen molar-refractivity contribution >= 4 is 5.91 Å². The molecule has 2 unspecified atom stereocenters. The van der Waals surface area contributed by atoms with Crippen molar-refractivity contribution in [2.75, 3.05) is 0 Å². The summed E-state index contributed by atoms with van der Waals surface area (Å²) in [6.07, 6.45) is 5.74. The molecule has 1 aromatic rings. The molecule has 0 aromatic carbocycles. The molecule has 0 aliphatic rings. The van der Waals surface area contributed by atoms with Gasteiger partial charge in [0.1, 0.15) is 0 Å². The number of aromatic amines is 1. The fourth-order valence-electron chi connectivity index (χ4n) is 1.95. The van der Waals surface area contributed by atoms with Crippen LogP contribution in [0.3, 0.4) is 0 Å². The second-order valence-electron chi connectivity index (χ2n) is 4.55. The molecule has 0 spiro atoms. The molecule has 0 saturated heterocycles. The molecule has 1 heterocycles. The summed E-state index contributed by atoms with van der Waals surface area (Å²) in [5.41, 5.74) is 0.812. The van der Waals surface area contributed by atoms with Crippen molar-refractivity contribution in [2.45, 2.75) is 59.0 Å². The minimum absolute atomic E-state index is 0.167. The molecule has 0 bridgehead atoms. The molecule has 1 rings (SSSR count). The number of hydrogen-bond donors (Lipinski definition) is 1. The van der Waals surface area contributed by atoms with E-state index in [0.29, 0.717) is 6.42 Å². The first-order valence-electron chi connectivity index (χ1n) is 6.38. The van der Waals surface area contributed by atoms with E-state index in [2.05, 4.69) is 37.7 Å². The lowest BCUT2D eigenvalue weighted by atomic mass is 10.1. The Balaban J connectivity index is 2.72. The number of nitrogens with zero attached hydrogens (tertiary/aromatic N) is 2. The van der Waals surface area contributed by atoms with Crippen molar-refractivity contribution in [3.63, 3.8) is 0 Å². The first kappa shape index (κ1) is 13.7. The molecule has 1 amide bonds. The minimum Gasteiger partial charge on any atom is -0.351 e. The molecule has 4 nitrogen and oxygen atoms in total. The highest BCUT2D eigenvalue weighted by molar-refractivity contribution is 5.78. The number of hydrogen-bond acceptors (Lipinski definition) is 2. The maximum Gasteiger partial charge on any atom is 0.229 e. The Hall–Kier alpha value is -1.32. The molecule has 4 heteroatoms. The Kier molecular flexibility index (Phi) is 5.19. The molecule has 1 aromatic heterocycles. The van der Waals surface area contributed by atoms with Crippen molar-refractivity contribution < 1.29 is 4.79 Å². The predicted molar refractivity (Wildman–Crippen MR) is 68.6 cm³/mol. The first-order chi connectivity index (χ1) is 8.10. The highest BCUT2D eigenvalue weighted by atomic mass is 16.2. The standard InChI is InChI=1S/C13H23N3O/c1-5-10(3)16(11(4)6-2)13(17)7-12-8-14-9-15-12/h8-11H,5-7H2,1-4H3,(H,14,15). The molecule has 17 heavy (non-hydrogen) atoms. The molecule has 0 aliphatic carbocycles. The summed E-state index contributed by atoms with van der Waals surface area (Å²) in [5.74, 6) is 0.167. The monoisotopic (exact) mass is 237 g/mol. The van der Waals surface area contributed by atoms with Crippen LogP contribution in [0.25, 0.3) is 0 Å². The molecule has 1 N–H and O–H groups in total. The van der Waals surface area contributed by atoms with E-state index in [-0.39, 0.29) is 18.0 Å². The second-order valence-corrected chi connectivity index (χ2v) is 4.55. The van der Waals surface area contributed by atoms with Gasteiger partial charge in [-0.1, -0.05) is 13.8 Å². The average Bonchev–Trinajstić information content (AvgIpc) is 2.81. The van der Waals surface area contributed by atoms with Crippen LogP contribution in [0.4, 0.5) is 0 Å². The molecular weight excluding hydrogens is 214 g/mol. The van der Waals surface area contributed by atoms with Gasteiger partial charge in [-0.05, 0) is 26.7 Å². The second kappa shape index (κ2) is 6.42. The quantitative estimate of drug-likeness (QED) is 0.825. The van der Waals surface area contributed by atoms with Gasteiger partial charge >= 0.3 is 0 Å². The Morgan fingerprint density at radius 3 is 2.35 bits per heavy atom. The van der Waals surface area contributed by atoms with Gasteiger partial charge in [-0.15, -0.1) is 0 Å². The normalized spacial score (nSPS) is 14.4. The lowest BCUT2D eigenvalue weighted by Crippen LogP contribution is -2.45. The van der Waals surface area contributed by atoms with Crippen LogP contribution in [0.1, 0.15) is 46.2 Å². The molecule has 0 aliphatic heterocycles. The summed E-state index contributed by atoms with van der Waals surface area (Å²) < 4.78 is 0. The van der Waals surface area contributed by atoms with E-state index in [4.69, 9.17) is 0 Å². The van der Waals surface area contributed by atoms with Crippen LogP contribution in [0.5, 0.6) is 0 Å². The number of aromatic nitrogens is 2. The van der Waals surface area contributed by atoms with Gasteiger partial charge in [0.05, 0.1) is 18.4 Å². The lowest BCUT2D eigenvalue weighted by Gasteiger charge is -2.34. The Labute approximate surface area is 103 Å². The van der Waals surface area contributed by atoms with Gasteiger partial charge < -0.3 is 9.88 Å². The van der Waals surface area contributed by atoms with Gasteiger partial charge in [-0.2, -0.15) is 0 Å². The van der Waals surface area contributed by atoms with Crippen molar-refractivity contribution in [1.29, 1.82) is 0 Å². The number of carbonyl (C=O) groups excluding carboxylic acids is 1. The van der Waals surface area contributed by atoms with E-state index in [1.54, 1.807) is 12.5 Å². The molecule has 0 fully saturated rings. The Morgan fingerprint density at radius 2 is 1.94 bits per heavy atom. The summed E-state index contributed by atoms with van der Waals surface area (Å²) in [5, 5.41) is 0. The van der Waals surface area contributed by atoms with Crippen LogP contribution in [0.2, 0.25) is 0 Å². The van der Waals surface area contributed by atoms with Crippen molar-refractivity contribution in [1.82, 2.24) is 14.9 Å². The van der Waals surface area contributed by atoms with E-state index in [9.17, 15) is 4.79 Å². The van der Waals surface area contributed by atoms with E-state index < -0.39 is 0 Å². The summed E-state index contributed by atoms with van der Waals surface area (Å²) >= 11 is 0. The molecule has 0 radical (unpaired) electrons. The number of imidazole rings is 1. The van der Waals surface area contributed by atoms with Crippen LogP contribution in [-0.4, -0.2) is 32.9 Å². The SMILES string of the molecule is CCC(C)N(C(=O)Cc1c[nH]cn1)C(C)CC. The maximum absolute atomic E-state index is 12.3. The predicted octanol–water partition coefficient (Wildman–Crippen LogP) is 2.38. The summed E-state index contributed by atoms with van der Waals surface area (Å²) in [4.78, 5) is 21.3. The van der Waals surface area contributed by atoms with Crippen molar-refractivity contribution in [2.24, 2.45) is 0 Å². The number of amides is 1. The molecular formula is C13H23N3O. The van der Waals surface area contributed by atoms with Gasteiger partial charge in [0.2, 0.25) is 5.91 Å². The first-order valence-corrected chi connectivity index (χ1v) is 6.38. The fraction of sp³-hybridized carbons (Fsp3) is 0.692. The average molecular weight is 237 g/mol. The van der Waals surface area contributed by atoms with Crippen molar-refractivity contribution in [3.8, 4) is 0 Å². The van der Waals surface area contributed by atoms with Crippen LogP contribution in [0, 0.1) is 0 Å². The number of carbonyl (C=O) groups is 1. The van der Waals surface area contributed by atoms with Crippen LogP contribution < -0.4 is 0 Å². The third-order valence-corrected chi connectivity index (χ3v) is 3.31. The van der Waals surface area contributed by atoms with E-state index in [0.717, 1.165) is 18.5 Å². The molecule has 2 atom stereocenters. The summed E-state index contributed by atoms with van der Waals surface area (Å²) in [6, 6.07) is 0.577. The Morgan fingerprint density at radius 1 is 1.35 bits per heavy atom. The van der Waals surface area contributed by atoms with Gasteiger partial charge in [0, 0.05) is 18.3 Å². The number of nitrogens with one attached hydrogen (secondary N) is 1. The van der Waals surface area contributed by atoms with Crippen LogP contribution in [0.15, 0.2) is 12.5 Å². The lowest BCUT2D eigenvalue weighted by molar-refractivity contribution is -0.135. The number of rotatable bonds is 6. The van der Waals surface area contributed by atoms with Crippen molar-refractivity contribution in [3.05, 3.63) is 18.2 Å². The minimum atomic E-state index is 0.167. The van der Waals surface area contributed by atoms with Crippen LogP contribution >= 0.6 is 0 Å². The van der Waals surface area contributed by atoms with E-state index in [1.807, 2.05) is 4.90 Å². The topological polar surface area (TPSA) is 49.0 Å². The zero-order valence-corrected chi connectivity index (χ0v) is 11.2. The highest BCUT2D eigenvalue weighted by Gasteiger charge is 2.23.